The van der Waals surface area contributed by atoms with Gasteiger partial charge in [0.2, 0.25) is 5.91 Å². The Balaban J connectivity index is 1.95. The molecule has 0 bridgehead atoms. The lowest BCUT2D eigenvalue weighted by atomic mass is 10.1. The van der Waals surface area contributed by atoms with E-state index in [4.69, 9.17) is 4.74 Å². The lowest BCUT2D eigenvalue weighted by molar-refractivity contribution is -0.147. The molecular weight excluding hydrogens is 366 g/mol. The predicted molar refractivity (Wildman–Crippen MR) is 99.7 cm³/mol. The number of carboxylic acid groups (broad SMARTS) is 1. The monoisotopic (exact) mass is 391 g/mol. The number of rotatable bonds is 5. The molecule has 3 amide bonds. The second-order valence-corrected chi connectivity index (χ2v) is 7.53. The molecule has 3 N–H and O–H groups in total. The number of carbonyl (C=O) groups is 4. The van der Waals surface area contributed by atoms with Gasteiger partial charge in [-0.05, 0) is 32.9 Å². The van der Waals surface area contributed by atoms with Crippen molar-refractivity contribution in [1.82, 2.24) is 15.5 Å². The van der Waals surface area contributed by atoms with Crippen molar-refractivity contribution in [2.45, 2.75) is 44.9 Å². The van der Waals surface area contributed by atoms with Gasteiger partial charge in [-0.3, -0.25) is 9.59 Å². The summed E-state index contributed by atoms with van der Waals surface area (Å²) < 4.78 is 5.05. The number of benzene rings is 1. The van der Waals surface area contributed by atoms with E-state index in [0.29, 0.717) is 5.56 Å². The molecule has 0 unspecified atom stereocenters. The largest absolute Gasteiger partial charge is 0.480 e. The summed E-state index contributed by atoms with van der Waals surface area (Å²) in [5.74, 6) is -2.06. The fraction of sp³-hybridized carbons (Fsp3) is 0.474. The molecule has 152 valence electrons. The number of hydrogen-bond acceptors (Lipinski definition) is 5. The Bertz CT molecular complexity index is 744. The number of amides is 3. The Kier molecular flexibility index (Phi) is 6.61. The average molecular weight is 391 g/mol. The van der Waals surface area contributed by atoms with E-state index in [9.17, 15) is 24.3 Å². The van der Waals surface area contributed by atoms with Crippen LogP contribution in [-0.4, -0.2) is 64.7 Å². The van der Waals surface area contributed by atoms with Crippen LogP contribution in [0.2, 0.25) is 0 Å². The van der Waals surface area contributed by atoms with E-state index in [-0.39, 0.29) is 18.9 Å². The average Bonchev–Trinajstić information content (AvgIpc) is 3.03. The van der Waals surface area contributed by atoms with Gasteiger partial charge in [0.1, 0.15) is 18.2 Å². The van der Waals surface area contributed by atoms with Crippen molar-refractivity contribution >= 4 is 23.9 Å². The van der Waals surface area contributed by atoms with E-state index in [0.717, 1.165) is 4.90 Å². The number of carboxylic acids is 1. The molecule has 0 aliphatic carbocycles. The van der Waals surface area contributed by atoms with Gasteiger partial charge in [0.05, 0.1) is 0 Å². The van der Waals surface area contributed by atoms with Gasteiger partial charge < -0.3 is 25.4 Å². The summed E-state index contributed by atoms with van der Waals surface area (Å²) in [4.78, 5) is 49.0. The normalized spacial score (nSPS) is 19.0. The SMILES string of the molecule is CC(C)(C)OC(=O)NCC(=O)N1C[C@@H](NC(=O)c2ccccc2)C[C@H]1C(=O)O. The number of nitrogens with zero attached hydrogens (tertiary/aromatic N) is 1. The second-order valence-electron chi connectivity index (χ2n) is 7.53. The number of ether oxygens (including phenoxy) is 1. The second kappa shape index (κ2) is 8.73. The Hall–Kier alpha value is -3.10. The molecule has 2 rings (SSSR count). The van der Waals surface area contributed by atoms with Crippen LogP contribution in [0.4, 0.5) is 4.79 Å². The summed E-state index contributed by atoms with van der Waals surface area (Å²) >= 11 is 0. The molecule has 2 atom stereocenters. The minimum atomic E-state index is -1.16. The van der Waals surface area contributed by atoms with Crippen LogP contribution >= 0.6 is 0 Å². The topological polar surface area (TPSA) is 125 Å². The third-order valence-electron chi connectivity index (χ3n) is 4.06. The van der Waals surface area contributed by atoms with Crippen LogP contribution < -0.4 is 10.6 Å². The van der Waals surface area contributed by atoms with Gasteiger partial charge in [0.25, 0.3) is 5.91 Å². The van der Waals surface area contributed by atoms with E-state index < -0.39 is 42.2 Å². The van der Waals surface area contributed by atoms with E-state index in [2.05, 4.69) is 10.6 Å². The van der Waals surface area contributed by atoms with Crippen molar-refractivity contribution in [3.05, 3.63) is 35.9 Å². The number of hydrogen-bond donors (Lipinski definition) is 3. The molecular formula is C19H25N3O6. The van der Waals surface area contributed by atoms with Crippen LogP contribution in [0.1, 0.15) is 37.6 Å². The molecule has 0 aromatic heterocycles. The number of alkyl carbamates (subject to hydrolysis) is 1. The van der Waals surface area contributed by atoms with Crippen LogP contribution in [0.5, 0.6) is 0 Å². The standard InChI is InChI=1S/C19H25N3O6/c1-19(2,3)28-18(27)20-10-15(23)22-11-13(9-14(22)17(25)26)21-16(24)12-7-5-4-6-8-12/h4-8,13-14H,9-11H2,1-3H3,(H,20,27)(H,21,24)(H,25,26)/t13-,14-/m0/s1. The zero-order valence-electron chi connectivity index (χ0n) is 16.1. The smallest absolute Gasteiger partial charge is 0.408 e. The summed E-state index contributed by atoms with van der Waals surface area (Å²) in [6, 6.07) is 6.95. The quantitative estimate of drug-likeness (QED) is 0.688. The molecule has 0 saturated carbocycles. The minimum absolute atomic E-state index is 0.0460. The summed E-state index contributed by atoms with van der Waals surface area (Å²) in [6.07, 6.45) is -0.674. The Morgan fingerprint density at radius 2 is 1.82 bits per heavy atom. The van der Waals surface area contributed by atoms with E-state index in [1.54, 1.807) is 51.1 Å². The molecule has 0 spiro atoms. The van der Waals surface area contributed by atoms with Crippen molar-refractivity contribution in [3.63, 3.8) is 0 Å². The van der Waals surface area contributed by atoms with Crippen LogP contribution in [-0.2, 0) is 14.3 Å². The number of aliphatic carboxylic acids is 1. The number of nitrogens with one attached hydrogen (secondary N) is 2. The van der Waals surface area contributed by atoms with Crippen molar-refractivity contribution in [3.8, 4) is 0 Å². The van der Waals surface area contributed by atoms with Crippen molar-refractivity contribution in [2.75, 3.05) is 13.1 Å². The summed E-state index contributed by atoms with van der Waals surface area (Å²) in [6.45, 7) is 4.72. The summed E-state index contributed by atoms with van der Waals surface area (Å²) in [5.41, 5.74) is -0.261. The molecule has 9 nitrogen and oxygen atoms in total. The Labute approximate surface area is 163 Å². The van der Waals surface area contributed by atoms with Crippen molar-refractivity contribution < 1.29 is 29.0 Å². The molecule has 1 heterocycles. The highest BCUT2D eigenvalue weighted by Gasteiger charge is 2.40. The number of likely N-dealkylation sites (tertiary alicyclic amines) is 1. The highest BCUT2D eigenvalue weighted by atomic mass is 16.6. The summed E-state index contributed by atoms with van der Waals surface area (Å²) in [5, 5.41) is 14.5. The van der Waals surface area contributed by atoms with Gasteiger partial charge in [0, 0.05) is 24.6 Å². The van der Waals surface area contributed by atoms with Gasteiger partial charge in [-0.25, -0.2) is 9.59 Å². The molecule has 1 saturated heterocycles. The molecule has 1 aromatic carbocycles. The molecule has 0 radical (unpaired) electrons. The Morgan fingerprint density at radius 3 is 2.39 bits per heavy atom. The maximum Gasteiger partial charge on any atom is 0.408 e. The molecule has 1 aliphatic rings. The highest BCUT2D eigenvalue weighted by molar-refractivity contribution is 5.94. The third-order valence-corrected chi connectivity index (χ3v) is 4.06. The van der Waals surface area contributed by atoms with Crippen LogP contribution in [0, 0.1) is 0 Å². The van der Waals surface area contributed by atoms with Gasteiger partial charge in [-0.2, -0.15) is 0 Å². The maximum atomic E-state index is 12.4. The van der Waals surface area contributed by atoms with E-state index >= 15 is 0 Å². The Morgan fingerprint density at radius 1 is 1.18 bits per heavy atom. The molecule has 1 aliphatic heterocycles. The first-order valence-electron chi connectivity index (χ1n) is 8.92. The van der Waals surface area contributed by atoms with Crippen molar-refractivity contribution in [1.29, 1.82) is 0 Å². The van der Waals surface area contributed by atoms with Gasteiger partial charge in [-0.15, -0.1) is 0 Å². The molecule has 9 heteroatoms. The van der Waals surface area contributed by atoms with Gasteiger partial charge in [0.15, 0.2) is 0 Å². The fourth-order valence-corrected chi connectivity index (χ4v) is 2.87. The lowest BCUT2D eigenvalue weighted by Crippen LogP contribution is -2.46. The minimum Gasteiger partial charge on any atom is -0.480 e. The van der Waals surface area contributed by atoms with Crippen LogP contribution in [0.3, 0.4) is 0 Å². The first-order chi connectivity index (χ1) is 13.1. The summed E-state index contributed by atoms with van der Waals surface area (Å²) in [7, 11) is 0. The zero-order chi connectivity index (χ0) is 20.9. The molecule has 1 fully saturated rings. The maximum absolute atomic E-state index is 12.4. The van der Waals surface area contributed by atoms with Gasteiger partial charge in [-0.1, -0.05) is 18.2 Å². The lowest BCUT2D eigenvalue weighted by Gasteiger charge is -2.23. The van der Waals surface area contributed by atoms with Crippen molar-refractivity contribution in [2.24, 2.45) is 0 Å². The van der Waals surface area contributed by atoms with E-state index in [1.807, 2.05) is 0 Å². The fourth-order valence-electron chi connectivity index (χ4n) is 2.87. The van der Waals surface area contributed by atoms with Crippen LogP contribution in [0.25, 0.3) is 0 Å². The van der Waals surface area contributed by atoms with Crippen LogP contribution in [0.15, 0.2) is 30.3 Å². The van der Waals surface area contributed by atoms with E-state index in [1.165, 1.54) is 0 Å². The third kappa shape index (κ3) is 5.97. The first kappa shape index (κ1) is 21.2. The zero-order valence-corrected chi connectivity index (χ0v) is 16.1. The molecule has 1 aromatic rings. The highest BCUT2D eigenvalue weighted by Crippen LogP contribution is 2.19. The predicted octanol–water partition coefficient (Wildman–Crippen LogP) is 0.995. The first-order valence-corrected chi connectivity index (χ1v) is 8.92. The number of carbonyl (C=O) groups excluding carboxylic acids is 3. The molecule has 28 heavy (non-hydrogen) atoms. The van der Waals surface area contributed by atoms with Gasteiger partial charge >= 0.3 is 12.1 Å².